The number of hydrogen-bond acceptors (Lipinski definition) is 5. The van der Waals surface area contributed by atoms with E-state index in [1.165, 1.54) is 18.2 Å². The lowest BCUT2D eigenvalue weighted by molar-refractivity contribution is -0.113. The van der Waals surface area contributed by atoms with Gasteiger partial charge in [0.15, 0.2) is 5.16 Å². The lowest BCUT2D eigenvalue weighted by atomic mass is 10.2. The first-order valence-corrected chi connectivity index (χ1v) is 9.93. The maximum Gasteiger partial charge on any atom is 0.283 e. The van der Waals surface area contributed by atoms with Crippen LogP contribution in [0.4, 0.5) is 10.1 Å². The van der Waals surface area contributed by atoms with E-state index in [9.17, 15) is 14.0 Å². The lowest BCUT2D eigenvalue weighted by Gasteiger charge is -2.14. The first-order chi connectivity index (χ1) is 13.3. The van der Waals surface area contributed by atoms with Gasteiger partial charge in [0.25, 0.3) is 5.56 Å². The SMILES string of the molecule is CCn1c(SCC(=O)Nc2ccc(F)c(Cl)c2)nc(=O)c2c(C)cc(C)nc21. The Balaban J connectivity index is 1.85. The number of benzene rings is 1. The largest absolute Gasteiger partial charge is 0.325 e. The normalized spacial score (nSPS) is 11.0. The number of rotatable bonds is 5. The molecule has 0 saturated heterocycles. The molecule has 0 saturated carbocycles. The third-order valence-corrected chi connectivity index (χ3v) is 5.34. The zero-order valence-corrected chi connectivity index (χ0v) is 17.1. The Morgan fingerprint density at radius 1 is 1.29 bits per heavy atom. The van der Waals surface area contributed by atoms with Crippen LogP contribution < -0.4 is 10.9 Å². The summed E-state index contributed by atoms with van der Waals surface area (Å²) in [6, 6.07) is 5.79. The highest BCUT2D eigenvalue weighted by Crippen LogP contribution is 2.22. The number of carbonyl (C=O) groups is 1. The highest BCUT2D eigenvalue weighted by atomic mass is 35.5. The zero-order valence-electron chi connectivity index (χ0n) is 15.5. The molecule has 3 aromatic rings. The molecular weight excluding hydrogens is 403 g/mol. The van der Waals surface area contributed by atoms with Crippen LogP contribution in [0.5, 0.6) is 0 Å². The van der Waals surface area contributed by atoms with Crippen LogP contribution in [0.25, 0.3) is 11.0 Å². The summed E-state index contributed by atoms with van der Waals surface area (Å²) >= 11 is 6.86. The first-order valence-electron chi connectivity index (χ1n) is 8.56. The molecule has 1 N–H and O–H groups in total. The second kappa shape index (κ2) is 8.28. The van der Waals surface area contributed by atoms with Crippen molar-refractivity contribution in [3.8, 4) is 0 Å². The van der Waals surface area contributed by atoms with Crippen molar-refractivity contribution in [1.29, 1.82) is 0 Å². The Bertz CT molecular complexity index is 1130. The molecule has 0 unspecified atom stereocenters. The highest BCUT2D eigenvalue weighted by molar-refractivity contribution is 7.99. The fourth-order valence-corrected chi connectivity index (χ4v) is 3.90. The summed E-state index contributed by atoms with van der Waals surface area (Å²) in [7, 11) is 0. The molecule has 0 aliphatic carbocycles. The van der Waals surface area contributed by atoms with Crippen LogP contribution in [0, 0.1) is 19.7 Å². The molecule has 28 heavy (non-hydrogen) atoms. The minimum atomic E-state index is -0.556. The number of thioether (sulfide) groups is 1. The molecule has 3 rings (SSSR count). The van der Waals surface area contributed by atoms with Gasteiger partial charge in [0.05, 0.1) is 16.2 Å². The Morgan fingerprint density at radius 3 is 2.71 bits per heavy atom. The fraction of sp³-hybridized carbons (Fsp3) is 0.263. The van der Waals surface area contributed by atoms with Gasteiger partial charge in [-0.3, -0.25) is 9.59 Å². The minimum Gasteiger partial charge on any atom is -0.325 e. The third-order valence-electron chi connectivity index (χ3n) is 4.08. The Hall–Kier alpha value is -2.45. The predicted molar refractivity (Wildman–Crippen MR) is 110 cm³/mol. The molecule has 0 bridgehead atoms. The molecule has 0 spiro atoms. The monoisotopic (exact) mass is 420 g/mol. The van der Waals surface area contributed by atoms with Crippen LogP contribution in [-0.4, -0.2) is 26.2 Å². The van der Waals surface area contributed by atoms with Crippen molar-refractivity contribution in [2.24, 2.45) is 0 Å². The number of fused-ring (bicyclic) bond motifs is 1. The molecule has 0 radical (unpaired) electrons. The molecule has 9 heteroatoms. The van der Waals surface area contributed by atoms with Crippen molar-refractivity contribution in [2.75, 3.05) is 11.1 Å². The number of halogens is 2. The molecule has 0 atom stereocenters. The Labute approximate surface area is 170 Å². The van der Waals surface area contributed by atoms with Crippen LogP contribution in [0.15, 0.2) is 34.2 Å². The maximum atomic E-state index is 13.2. The van der Waals surface area contributed by atoms with Crippen LogP contribution in [-0.2, 0) is 11.3 Å². The van der Waals surface area contributed by atoms with Crippen molar-refractivity contribution >= 4 is 46.0 Å². The number of hydrogen-bond donors (Lipinski definition) is 1. The van der Waals surface area contributed by atoms with E-state index in [1.54, 1.807) is 0 Å². The Morgan fingerprint density at radius 2 is 2.04 bits per heavy atom. The molecule has 146 valence electrons. The quantitative estimate of drug-likeness (QED) is 0.499. The van der Waals surface area contributed by atoms with Crippen molar-refractivity contribution in [1.82, 2.24) is 14.5 Å². The number of aryl methyl sites for hydroxylation is 3. The second-order valence-electron chi connectivity index (χ2n) is 6.19. The van der Waals surface area contributed by atoms with E-state index in [0.29, 0.717) is 28.4 Å². The number of nitrogens with one attached hydrogen (secondary N) is 1. The van der Waals surface area contributed by atoms with E-state index >= 15 is 0 Å². The van der Waals surface area contributed by atoms with E-state index in [0.717, 1.165) is 23.0 Å². The molecule has 2 aromatic heterocycles. The smallest absolute Gasteiger partial charge is 0.283 e. The number of pyridine rings is 1. The summed E-state index contributed by atoms with van der Waals surface area (Å²) in [5.74, 6) is -0.852. The van der Waals surface area contributed by atoms with Crippen molar-refractivity contribution in [2.45, 2.75) is 32.5 Å². The summed E-state index contributed by atoms with van der Waals surface area (Å²) in [4.78, 5) is 33.4. The van der Waals surface area contributed by atoms with Gasteiger partial charge in [0.2, 0.25) is 5.91 Å². The summed E-state index contributed by atoms with van der Waals surface area (Å²) in [6.07, 6.45) is 0. The number of anilines is 1. The summed E-state index contributed by atoms with van der Waals surface area (Å²) in [5.41, 5.74) is 2.22. The number of amides is 1. The van der Waals surface area contributed by atoms with E-state index in [4.69, 9.17) is 11.6 Å². The van der Waals surface area contributed by atoms with Crippen LogP contribution in [0.1, 0.15) is 18.2 Å². The van der Waals surface area contributed by atoms with Crippen LogP contribution in [0.3, 0.4) is 0 Å². The van der Waals surface area contributed by atoms with Gasteiger partial charge in [-0.05, 0) is 50.6 Å². The van der Waals surface area contributed by atoms with E-state index in [2.05, 4.69) is 15.3 Å². The molecule has 2 heterocycles. The number of aromatic nitrogens is 3. The second-order valence-corrected chi connectivity index (χ2v) is 7.54. The topological polar surface area (TPSA) is 76.9 Å². The van der Waals surface area contributed by atoms with E-state index < -0.39 is 5.82 Å². The van der Waals surface area contributed by atoms with Gasteiger partial charge in [-0.15, -0.1) is 0 Å². The van der Waals surface area contributed by atoms with Gasteiger partial charge in [-0.1, -0.05) is 23.4 Å². The van der Waals surface area contributed by atoms with Gasteiger partial charge in [-0.25, -0.2) is 9.37 Å². The average molecular weight is 421 g/mol. The highest BCUT2D eigenvalue weighted by Gasteiger charge is 2.15. The van der Waals surface area contributed by atoms with Gasteiger partial charge >= 0.3 is 0 Å². The minimum absolute atomic E-state index is 0.0255. The number of carbonyl (C=O) groups excluding carboxylic acids is 1. The van der Waals surface area contributed by atoms with Gasteiger partial charge in [0.1, 0.15) is 11.5 Å². The first kappa shape index (κ1) is 20.3. The van der Waals surface area contributed by atoms with Gasteiger partial charge in [-0.2, -0.15) is 4.98 Å². The molecule has 0 aliphatic rings. The molecular formula is C19H18ClFN4O2S. The summed E-state index contributed by atoms with van der Waals surface area (Å²) < 4.78 is 15.0. The zero-order chi connectivity index (χ0) is 20.4. The molecule has 1 aromatic carbocycles. The molecule has 0 fully saturated rings. The van der Waals surface area contributed by atoms with Crippen LogP contribution in [0.2, 0.25) is 5.02 Å². The fourth-order valence-electron chi connectivity index (χ4n) is 2.87. The summed E-state index contributed by atoms with van der Waals surface area (Å²) in [5, 5.41) is 3.48. The Kier molecular flexibility index (Phi) is 6.00. The van der Waals surface area contributed by atoms with Gasteiger partial charge < -0.3 is 9.88 Å². The van der Waals surface area contributed by atoms with Crippen molar-refractivity contribution in [3.05, 3.63) is 56.7 Å². The van der Waals surface area contributed by atoms with Crippen molar-refractivity contribution in [3.63, 3.8) is 0 Å². The number of nitrogens with zero attached hydrogens (tertiary/aromatic N) is 3. The van der Waals surface area contributed by atoms with Crippen molar-refractivity contribution < 1.29 is 9.18 Å². The molecule has 6 nitrogen and oxygen atoms in total. The lowest BCUT2D eigenvalue weighted by Crippen LogP contribution is -2.20. The van der Waals surface area contributed by atoms with Gasteiger partial charge in [0, 0.05) is 17.9 Å². The maximum absolute atomic E-state index is 13.2. The van der Waals surface area contributed by atoms with Crippen LogP contribution >= 0.6 is 23.4 Å². The van der Waals surface area contributed by atoms with E-state index in [-0.39, 0.29) is 22.2 Å². The average Bonchev–Trinajstić information content (AvgIpc) is 2.62. The molecule has 0 aliphatic heterocycles. The third kappa shape index (κ3) is 4.18. The standard InChI is InChI=1S/C19H18ClFN4O2S/c1-4-25-17-16(10(2)7-11(3)22-17)18(27)24-19(25)28-9-15(26)23-12-5-6-14(21)13(20)8-12/h5-8H,4,9H2,1-3H3,(H,23,26). The summed E-state index contributed by atoms with van der Waals surface area (Å²) in [6.45, 7) is 6.20. The van der Waals surface area contributed by atoms with E-state index in [1.807, 2.05) is 31.4 Å². The molecule has 1 amide bonds. The predicted octanol–water partition coefficient (Wildman–Crippen LogP) is 3.95.